The van der Waals surface area contributed by atoms with Crippen LogP contribution in [0.3, 0.4) is 0 Å². The number of rotatable bonds is 4. The summed E-state index contributed by atoms with van der Waals surface area (Å²) in [7, 11) is 0. The highest BCUT2D eigenvalue weighted by molar-refractivity contribution is 5.95. The number of aromatic nitrogens is 2. The van der Waals surface area contributed by atoms with Gasteiger partial charge in [-0.3, -0.25) is 14.8 Å². The number of fused-ring (bicyclic) bond motifs is 2. The smallest absolute Gasteiger partial charge is 0.128 e. The summed E-state index contributed by atoms with van der Waals surface area (Å²) in [5, 5.41) is 14.0. The molecule has 3 fully saturated rings. The van der Waals surface area contributed by atoms with Crippen LogP contribution >= 0.6 is 0 Å². The van der Waals surface area contributed by atoms with E-state index >= 15 is 0 Å². The Morgan fingerprint density at radius 1 is 0.972 bits per heavy atom. The van der Waals surface area contributed by atoms with Crippen LogP contribution in [0.2, 0.25) is 0 Å². The molecule has 2 aromatic heterocycles. The molecular weight excluding hydrogens is 448 g/mol. The van der Waals surface area contributed by atoms with Crippen molar-refractivity contribution in [2.45, 2.75) is 25.6 Å². The van der Waals surface area contributed by atoms with Gasteiger partial charge in [0.2, 0.25) is 0 Å². The fourth-order valence-corrected chi connectivity index (χ4v) is 6.18. The monoisotopic (exact) mass is 482 g/mol. The Hall–Kier alpha value is -3.25. The lowest BCUT2D eigenvalue weighted by atomic mass is 10.0. The number of hydrogen-bond acceptors (Lipinski definition) is 8. The first-order valence-electron chi connectivity index (χ1n) is 13.1. The van der Waals surface area contributed by atoms with Crippen LogP contribution in [0.25, 0.3) is 10.9 Å². The number of piperazine rings is 3. The molecule has 186 valence electrons. The normalized spacial score (nSPS) is 23.4. The van der Waals surface area contributed by atoms with Crippen molar-refractivity contribution < 1.29 is 0 Å². The molecule has 0 spiro atoms. The Balaban J connectivity index is 1.18. The highest BCUT2D eigenvalue weighted by atomic mass is 15.4. The summed E-state index contributed by atoms with van der Waals surface area (Å²) in [6, 6.07) is 15.8. The Morgan fingerprint density at radius 3 is 2.72 bits per heavy atom. The summed E-state index contributed by atoms with van der Waals surface area (Å²) < 4.78 is 0. The van der Waals surface area contributed by atoms with E-state index in [0.29, 0.717) is 17.6 Å². The maximum Gasteiger partial charge on any atom is 0.128 e. The zero-order valence-corrected chi connectivity index (χ0v) is 21.0. The summed E-state index contributed by atoms with van der Waals surface area (Å²) >= 11 is 0. The molecular formula is C28H34N8. The zero-order chi connectivity index (χ0) is 24.5. The maximum absolute atomic E-state index is 9.55. The van der Waals surface area contributed by atoms with Crippen LogP contribution in [0, 0.1) is 11.3 Å². The quantitative estimate of drug-likeness (QED) is 0.607. The first kappa shape index (κ1) is 23.2. The van der Waals surface area contributed by atoms with Gasteiger partial charge in [-0.1, -0.05) is 0 Å². The fraction of sp³-hybridized carbons (Fsp3) is 0.464. The third-order valence-electron chi connectivity index (χ3n) is 7.96. The first-order valence-corrected chi connectivity index (χ1v) is 13.1. The van der Waals surface area contributed by atoms with Gasteiger partial charge in [-0.15, -0.1) is 0 Å². The molecule has 8 heteroatoms. The molecule has 0 bridgehead atoms. The average molecular weight is 483 g/mol. The van der Waals surface area contributed by atoms with E-state index in [-0.39, 0.29) is 0 Å². The van der Waals surface area contributed by atoms with Crippen molar-refractivity contribution in [1.82, 2.24) is 25.1 Å². The van der Waals surface area contributed by atoms with Gasteiger partial charge in [-0.25, -0.2) is 4.98 Å². The number of nitrogens with zero attached hydrogens (tertiary/aromatic N) is 7. The first-order chi connectivity index (χ1) is 17.7. The second kappa shape index (κ2) is 10.0. The van der Waals surface area contributed by atoms with Crippen molar-refractivity contribution in [2.24, 2.45) is 0 Å². The van der Waals surface area contributed by atoms with Gasteiger partial charge in [0.05, 0.1) is 11.1 Å². The van der Waals surface area contributed by atoms with Crippen molar-refractivity contribution in [2.75, 3.05) is 68.7 Å². The minimum absolute atomic E-state index is 0.472. The van der Waals surface area contributed by atoms with Crippen LogP contribution < -0.4 is 15.1 Å². The highest BCUT2D eigenvalue weighted by Crippen LogP contribution is 2.32. The van der Waals surface area contributed by atoms with Crippen molar-refractivity contribution in [3.05, 3.63) is 59.9 Å². The minimum atomic E-state index is 0.472. The van der Waals surface area contributed by atoms with Crippen LogP contribution in [0.1, 0.15) is 18.1 Å². The molecule has 0 aliphatic carbocycles. The summed E-state index contributed by atoms with van der Waals surface area (Å²) in [6.45, 7) is 12.6. The Morgan fingerprint density at radius 2 is 1.86 bits per heavy atom. The van der Waals surface area contributed by atoms with Crippen LogP contribution in [0.4, 0.5) is 11.5 Å². The third kappa shape index (κ3) is 4.50. The molecule has 8 nitrogen and oxygen atoms in total. The predicted octanol–water partition coefficient (Wildman–Crippen LogP) is 2.31. The topological polar surface area (TPSA) is 74.6 Å². The molecule has 2 atom stereocenters. The Bertz CT molecular complexity index is 1260. The van der Waals surface area contributed by atoms with Crippen LogP contribution in [0.15, 0.2) is 48.8 Å². The van der Waals surface area contributed by atoms with Crippen molar-refractivity contribution in [3.8, 4) is 6.07 Å². The molecule has 36 heavy (non-hydrogen) atoms. The van der Waals surface area contributed by atoms with Gasteiger partial charge in [-0.2, -0.15) is 5.26 Å². The summed E-state index contributed by atoms with van der Waals surface area (Å²) in [5.41, 5.74) is 3.98. The lowest BCUT2D eigenvalue weighted by Crippen LogP contribution is -2.65. The van der Waals surface area contributed by atoms with E-state index in [1.807, 2.05) is 18.3 Å². The predicted molar refractivity (Wildman–Crippen MR) is 143 cm³/mol. The number of pyridine rings is 2. The van der Waals surface area contributed by atoms with E-state index in [0.717, 1.165) is 82.2 Å². The van der Waals surface area contributed by atoms with Crippen LogP contribution in [-0.4, -0.2) is 90.8 Å². The average Bonchev–Trinajstić information content (AvgIpc) is 2.93. The maximum atomic E-state index is 9.55. The van der Waals surface area contributed by atoms with Gasteiger partial charge in [0.1, 0.15) is 11.9 Å². The molecule has 3 aliphatic rings. The van der Waals surface area contributed by atoms with E-state index < -0.39 is 0 Å². The highest BCUT2D eigenvalue weighted by Gasteiger charge is 2.36. The van der Waals surface area contributed by atoms with Crippen LogP contribution in [-0.2, 0) is 6.54 Å². The van der Waals surface area contributed by atoms with Crippen molar-refractivity contribution in [1.29, 1.82) is 5.26 Å². The third-order valence-corrected chi connectivity index (χ3v) is 7.96. The van der Waals surface area contributed by atoms with Crippen molar-refractivity contribution >= 4 is 22.4 Å². The summed E-state index contributed by atoms with van der Waals surface area (Å²) in [4.78, 5) is 19.4. The number of hydrogen-bond donors (Lipinski definition) is 1. The molecule has 1 N–H and O–H groups in total. The molecule has 2 unspecified atom stereocenters. The van der Waals surface area contributed by atoms with E-state index in [4.69, 9.17) is 0 Å². The lowest BCUT2D eigenvalue weighted by molar-refractivity contribution is 0.0318. The lowest BCUT2D eigenvalue weighted by Gasteiger charge is -2.51. The number of benzene rings is 1. The molecule has 5 heterocycles. The summed E-state index contributed by atoms with van der Waals surface area (Å²) in [5.74, 6) is 1.10. The van der Waals surface area contributed by atoms with Gasteiger partial charge in [0, 0.05) is 101 Å². The molecule has 3 aromatic rings. The number of nitrogens with one attached hydrogen (secondary N) is 1. The molecule has 3 saturated heterocycles. The molecule has 1 aromatic carbocycles. The number of anilines is 2. The Kier molecular flexibility index (Phi) is 6.45. The molecule has 0 radical (unpaired) electrons. The fourth-order valence-electron chi connectivity index (χ4n) is 6.18. The molecule has 0 amide bonds. The van der Waals surface area contributed by atoms with Gasteiger partial charge < -0.3 is 15.1 Å². The number of nitriles is 1. The van der Waals surface area contributed by atoms with Crippen LogP contribution in [0.5, 0.6) is 0 Å². The molecule has 3 aliphatic heterocycles. The minimum Gasteiger partial charge on any atom is -0.368 e. The van der Waals surface area contributed by atoms with E-state index in [9.17, 15) is 5.26 Å². The van der Waals surface area contributed by atoms with Gasteiger partial charge in [0.25, 0.3) is 0 Å². The van der Waals surface area contributed by atoms with E-state index in [1.165, 1.54) is 11.3 Å². The second-order valence-corrected chi connectivity index (χ2v) is 10.3. The van der Waals surface area contributed by atoms with Gasteiger partial charge >= 0.3 is 0 Å². The van der Waals surface area contributed by atoms with Gasteiger partial charge in [0.15, 0.2) is 0 Å². The zero-order valence-electron chi connectivity index (χ0n) is 21.0. The largest absolute Gasteiger partial charge is 0.368 e. The summed E-state index contributed by atoms with van der Waals surface area (Å²) in [6.07, 6.45) is 3.75. The SMILES string of the molecule is CC1CN(c2ccc(C#N)c3ncccc23)CC2CN(Cc3ccnc(N4CCNCC4)c3)CCN12. The Labute approximate surface area is 213 Å². The standard InChI is InChI=1S/C28H34N8/c1-21-17-35(26-5-4-23(16-29)28-25(26)3-2-7-32-28)20-24-19-33(13-14-36(21)24)18-22-6-8-31-27(15-22)34-11-9-30-10-12-34/h2-8,15,21,24,30H,9-14,17-20H2,1H3. The second-order valence-electron chi connectivity index (χ2n) is 10.3. The van der Waals surface area contributed by atoms with Crippen molar-refractivity contribution in [3.63, 3.8) is 0 Å². The van der Waals surface area contributed by atoms with Gasteiger partial charge in [-0.05, 0) is 48.9 Å². The molecule has 6 rings (SSSR count). The molecule has 0 saturated carbocycles. The van der Waals surface area contributed by atoms with E-state index in [2.05, 4.69) is 72.1 Å². The van der Waals surface area contributed by atoms with E-state index in [1.54, 1.807) is 6.20 Å².